The highest BCUT2D eigenvalue weighted by Gasteiger charge is 2.16. The number of hydrogen-bond acceptors (Lipinski definition) is 5. The van der Waals surface area contributed by atoms with Gasteiger partial charge in [-0.1, -0.05) is 12.1 Å². The first kappa shape index (κ1) is 15.5. The van der Waals surface area contributed by atoms with Crippen LogP contribution in [0.4, 0.5) is 5.69 Å². The van der Waals surface area contributed by atoms with E-state index in [0.717, 1.165) is 22.5 Å². The zero-order valence-corrected chi connectivity index (χ0v) is 14.1. The van der Waals surface area contributed by atoms with Crippen molar-refractivity contribution in [2.24, 2.45) is 12.0 Å². The van der Waals surface area contributed by atoms with Crippen molar-refractivity contribution in [3.63, 3.8) is 0 Å². The van der Waals surface area contributed by atoms with Crippen molar-refractivity contribution in [1.82, 2.24) is 9.78 Å². The molecule has 23 heavy (non-hydrogen) atoms. The molecule has 0 N–H and O–H groups in total. The van der Waals surface area contributed by atoms with Crippen molar-refractivity contribution in [3.8, 4) is 0 Å². The number of aliphatic imine (C=N–C) groups is 1. The maximum Gasteiger partial charge on any atom is 0.175 e. The molecule has 6 nitrogen and oxygen atoms in total. The van der Waals surface area contributed by atoms with Gasteiger partial charge in [0.1, 0.15) is 6.67 Å². The average molecular weight is 330 g/mol. The second-order valence-corrected chi connectivity index (χ2v) is 7.61. The van der Waals surface area contributed by atoms with Gasteiger partial charge in [0.2, 0.25) is 0 Å². The van der Waals surface area contributed by atoms with Crippen LogP contribution >= 0.6 is 0 Å². The number of sulfone groups is 1. The summed E-state index contributed by atoms with van der Waals surface area (Å²) in [5.74, 6) is 0. The summed E-state index contributed by atoms with van der Waals surface area (Å²) in [6, 6.07) is 6.83. The van der Waals surface area contributed by atoms with Crippen LogP contribution in [0.25, 0.3) is 0 Å². The molecule has 0 saturated heterocycles. The Morgan fingerprint density at radius 1 is 1.17 bits per heavy atom. The van der Waals surface area contributed by atoms with E-state index in [2.05, 4.69) is 10.1 Å². The van der Waals surface area contributed by atoms with Gasteiger partial charge in [0.25, 0.3) is 0 Å². The number of hydrogen-bond donors (Lipinski definition) is 0. The highest BCUT2D eigenvalue weighted by molar-refractivity contribution is 7.90. The van der Waals surface area contributed by atoms with Crippen LogP contribution in [-0.2, 0) is 16.9 Å². The molecule has 0 aliphatic carbocycles. The Balaban J connectivity index is 1.85. The quantitative estimate of drug-likeness (QED) is 0.863. The van der Waals surface area contributed by atoms with Crippen molar-refractivity contribution in [3.05, 3.63) is 54.0 Å². The zero-order chi connectivity index (χ0) is 16.6. The Morgan fingerprint density at radius 3 is 2.39 bits per heavy atom. The van der Waals surface area contributed by atoms with E-state index in [9.17, 15) is 8.42 Å². The second-order valence-electron chi connectivity index (χ2n) is 5.60. The maximum absolute atomic E-state index is 11.5. The van der Waals surface area contributed by atoms with Crippen LogP contribution < -0.4 is 4.90 Å². The molecule has 1 aromatic carbocycles. The summed E-state index contributed by atoms with van der Waals surface area (Å²) in [4.78, 5) is 6.97. The van der Waals surface area contributed by atoms with Crippen LogP contribution in [0, 0.1) is 0 Å². The molecule has 120 valence electrons. The monoisotopic (exact) mass is 330 g/mol. The smallest absolute Gasteiger partial charge is 0.175 e. The number of benzene rings is 1. The Hall–Kier alpha value is -2.41. The molecule has 7 heteroatoms. The normalized spacial score (nSPS) is 15.3. The van der Waals surface area contributed by atoms with Crippen LogP contribution in [0.15, 0.2) is 58.3 Å². The fourth-order valence-electron chi connectivity index (χ4n) is 2.50. The van der Waals surface area contributed by atoms with Gasteiger partial charge in [-0.2, -0.15) is 5.10 Å². The van der Waals surface area contributed by atoms with Crippen molar-refractivity contribution in [1.29, 1.82) is 0 Å². The highest BCUT2D eigenvalue weighted by atomic mass is 32.2. The number of anilines is 1. The molecule has 1 aliphatic heterocycles. The summed E-state index contributed by atoms with van der Waals surface area (Å²) in [5.41, 5.74) is 3.80. The van der Waals surface area contributed by atoms with Gasteiger partial charge >= 0.3 is 0 Å². The van der Waals surface area contributed by atoms with E-state index >= 15 is 0 Å². The lowest BCUT2D eigenvalue weighted by Gasteiger charge is -2.23. The third-order valence-electron chi connectivity index (χ3n) is 3.68. The number of aromatic nitrogens is 2. The third-order valence-corrected chi connectivity index (χ3v) is 4.81. The molecule has 0 spiro atoms. The van der Waals surface area contributed by atoms with Crippen molar-refractivity contribution < 1.29 is 8.42 Å². The Labute approximate surface area is 135 Å². The van der Waals surface area contributed by atoms with Crippen molar-refractivity contribution >= 4 is 21.2 Å². The fourth-order valence-corrected chi connectivity index (χ4v) is 3.13. The van der Waals surface area contributed by atoms with Crippen molar-refractivity contribution in [2.45, 2.75) is 11.8 Å². The van der Waals surface area contributed by atoms with E-state index in [1.54, 1.807) is 35.1 Å². The maximum atomic E-state index is 11.5. The first-order chi connectivity index (χ1) is 10.8. The van der Waals surface area contributed by atoms with Crippen LogP contribution in [0.2, 0.25) is 0 Å². The molecule has 0 bridgehead atoms. The Morgan fingerprint density at radius 2 is 1.87 bits per heavy atom. The Kier molecular flexibility index (Phi) is 3.81. The molecule has 0 fully saturated rings. The van der Waals surface area contributed by atoms with Gasteiger partial charge in [0, 0.05) is 31.3 Å². The predicted octanol–water partition coefficient (Wildman–Crippen LogP) is 1.99. The molecule has 1 aromatic heterocycles. The minimum absolute atomic E-state index is 0.316. The minimum atomic E-state index is -3.18. The summed E-state index contributed by atoms with van der Waals surface area (Å²) in [6.07, 6.45) is 6.97. The molecule has 2 heterocycles. The van der Waals surface area contributed by atoms with Gasteiger partial charge in [-0.05, 0) is 24.6 Å². The van der Waals surface area contributed by atoms with Gasteiger partial charge < -0.3 is 4.90 Å². The molecule has 2 aromatic rings. The van der Waals surface area contributed by atoms with E-state index in [4.69, 9.17) is 0 Å². The predicted molar refractivity (Wildman–Crippen MR) is 90.4 cm³/mol. The molecule has 0 atom stereocenters. The van der Waals surface area contributed by atoms with Gasteiger partial charge in [-0.25, -0.2) is 8.42 Å². The van der Waals surface area contributed by atoms with E-state index in [1.807, 2.05) is 31.3 Å². The standard InChI is InChI=1S/C16H18N4O2S/c1-12-9-20(14-8-18-19(2)10-14)11-17-16(12)13-4-6-15(7-5-13)23(3,21)22/h4-10H,11H2,1-3H3. The molecule has 3 rings (SSSR count). The first-order valence-electron chi connectivity index (χ1n) is 7.13. The molecule has 0 saturated carbocycles. The van der Waals surface area contributed by atoms with E-state index in [-0.39, 0.29) is 0 Å². The zero-order valence-electron chi connectivity index (χ0n) is 13.3. The van der Waals surface area contributed by atoms with Gasteiger partial charge in [0.05, 0.1) is 22.5 Å². The second kappa shape index (κ2) is 5.66. The van der Waals surface area contributed by atoms with E-state index in [1.165, 1.54) is 6.26 Å². The first-order valence-corrected chi connectivity index (χ1v) is 9.03. The third kappa shape index (κ3) is 3.19. The fraction of sp³-hybridized carbons (Fsp3) is 0.250. The molecule has 0 amide bonds. The van der Waals surface area contributed by atoms with Crippen LogP contribution in [-0.4, -0.2) is 36.8 Å². The summed E-state index contributed by atoms with van der Waals surface area (Å²) in [7, 11) is -1.30. The van der Waals surface area contributed by atoms with E-state index in [0.29, 0.717) is 11.6 Å². The molecule has 0 radical (unpaired) electrons. The molecular formula is C16H18N4O2S. The molecular weight excluding hydrogens is 312 g/mol. The summed E-state index contributed by atoms with van der Waals surface area (Å²) in [5, 5.41) is 4.17. The van der Waals surface area contributed by atoms with E-state index < -0.39 is 9.84 Å². The van der Waals surface area contributed by atoms with Crippen molar-refractivity contribution in [2.75, 3.05) is 17.8 Å². The summed E-state index contributed by atoms with van der Waals surface area (Å²) in [6.45, 7) is 2.50. The SMILES string of the molecule is CC1=CN(c2cnn(C)c2)CN=C1c1ccc(S(C)(=O)=O)cc1. The lowest BCUT2D eigenvalue weighted by Crippen LogP contribution is -2.24. The number of aryl methyl sites for hydroxylation is 1. The van der Waals surface area contributed by atoms with Crippen LogP contribution in [0.5, 0.6) is 0 Å². The van der Waals surface area contributed by atoms with Gasteiger partial charge in [-0.3, -0.25) is 9.67 Å². The topological polar surface area (TPSA) is 67.6 Å². The molecule has 0 unspecified atom stereocenters. The lowest BCUT2D eigenvalue weighted by molar-refractivity contribution is 0.602. The summed E-state index contributed by atoms with van der Waals surface area (Å²) >= 11 is 0. The van der Waals surface area contributed by atoms with Gasteiger partial charge in [0.15, 0.2) is 9.84 Å². The lowest BCUT2D eigenvalue weighted by atomic mass is 10.0. The number of allylic oxidation sites excluding steroid dienone is 1. The van der Waals surface area contributed by atoms with Gasteiger partial charge in [-0.15, -0.1) is 0 Å². The minimum Gasteiger partial charge on any atom is -0.325 e. The average Bonchev–Trinajstić information content (AvgIpc) is 2.93. The summed E-state index contributed by atoms with van der Waals surface area (Å²) < 4.78 is 24.8. The van der Waals surface area contributed by atoms with Crippen LogP contribution in [0.3, 0.4) is 0 Å². The Bertz CT molecular complexity index is 892. The largest absolute Gasteiger partial charge is 0.325 e. The molecule has 1 aliphatic rings. The number of rotatable bonds is 3. The van der Waals surface area contributed by atoms with Crippen LogP contribution in [0.1, 0.15) is 12.5 Å². The highest BCUT2D eigenvalue weighted by Crippen LogP contribution is 2.21. The number of nitrogens with zero attached hydrogens (tertiary/aromatic N) is 4.